The summed E-state index contributed by atoms with van der Waals surface area (Å²) in [4.78, 5) is 26.6. The molecule has 1 aromatic heterocycles. The van der Waals surface area contributed by atoms with Gasteiger partial charge in [-0.2, -0.15) is 0 Å². The van der Waals surface area contributed by atoms with Gasteiger partial charge in [-0.3, -0.25) is 4.79 Å². The first-order chi connectivity index (χ1) is 8.66. The maximum Gasteiger partial charge on any atom is 0.354 e. The molecule has 1 fully saturated rings. The number of thioether (sulfide) groups is 1. The number of carboxylic acid groups (broad SMARTS) is 1. The van der Waals surface area contributed by atoms with E-state index in [1.165, 1.54) is 6.07 Å². The van der Waals surface area contributed by atoms with Crippen LogP contribution in [0.15, 0.2) is 18.2 Å². The lowest BCUT2D eigenvalue weighted by atomic mass is 10.2. The third kappa shape index (κ3) is 3.22. The molecule has 5 nitrogen and oxygen atoms in total. The van der Waals surface area contributed by atoms with Gasteiger partial charge in [0, 0.05) is 0 Å². The number of hydrogen-bond donors (Lipinski definition) is 2. The molecule has 1 aliphatic heterocycles. The number of aromatic nitrogens is 1. The Morgan fingerprint density at radius 3 is 2.89 bits per heavy atom. The second-order valence-electron chi connectivity index (χ2n) is 4.06. The molecule has 0 aromatic carbocycles. The van der Waals surface area contributed by atoms with Crippen molar-refractivity contribution in [1.82, 2.24) is 4.98 Å². The molecule has 2 heterocycles. The molecule has 0 bridgehead atoms. The Kier molecular flexibility index (Phi) is 4.19. The van der Waals surface area contributed by atoms with Gasteiger partial charge in [-0.25, -0.2) is 9.78 Å². The SMILES string of the molecule is O=C(O)c1cccc(NC(=O)C2CCCCS2)n1. The second kappa shape index (κ2) is 5.86. The van der Waals surface area contributed by atoms with Gasteiger partial charge in [0.25, 0.3) is 0 Å². The average Bonchev–Trinajstić information content (AvgIpc) is 2.40. The van der Waals surface area contributed by atoms with Crippen molar-refractivity contribution in [2.45, 2.75) is 24.5 Å². The van der Waals surface area contributed by atoms with Crippen molar-refractivity contribution in [2.75, 3.05) is 11.1 Å². The van der Waals surface area contributed by atoms with Crippen molar-refractivity contribution in [2.24, 2.45) is 0 Å². The van der Waals surface area contributed by atoms with Crippen LogP contribution >= 0.6 is 11.8 Å². The van der Waals surface area contributed by atoms with Gasteiger partial charge in [0.1, 0.15) is 5.82 Å². The van der Waals surface area contributed by atoms with Gasteiger partial charge in [0.15, 0.2) is 5.69 Å². The molecule has 1 amide bonds. The highest BCUT2D eigenvalue weighted by Gasteiger charge is 2.22. The van der Waals surface area contributed by atoms with Gasteiger partial charge in [0.2, 0.25) is 5.91 Å². The molecule has 2 rings (SSSR count). The van der Waals surface area contributed by atoms with E-state index in [1.54, 1.807) is 23.9 Å². The molecule has 1 unspecified atom stereocenters. The Balaban J connectivity index is 2.02. The third-order valence-corrected chi connectivity index (χ3v) is 4.07. The Morgan fingerprint density at radius 1 is 1.39 bits per heavy atom. The van der Waals surface area contributed by atoms with Crippen LogP contribution in [-0.2, 0) is 4.79 Å². The fourth-order valence-electron chi connectivity index (χ4n) is 1.78. The molecule has 2 N–H and O–H groups in total. The van der Waals surface area contributed by atoms with Crippen molar-refractivity contribution in [3.63, 3.8) is 0 Å². The molecule has 0 saturated carbocycles. The minimum Gasteiger partial charge on any atom is -0.477 e. The standard InChI is InChI=1S/C12H14N2O3S/c15-11(9-5-1-2-7-18-9)14-10-6-3-4-8(13-10)12(16)17/h3-4,6,9H,1-2,5,7H2,(H,16,17)(H,13,14,15). The molecule has 6 heteroatoms. The summed E-state index contributed by atoms with van der Waals surface area (Å²) in [6.07, 6.45) is 3.09. The van der Waals surface area contributed by atoms with E-state index in [0.717, 1.165) is 25.0 Å². The highest BCUT2D eigenvalue weighted by Crippen LogP contribution is 2.25. The van der Waals surface area contributed by atoms with Gasteiger partial charge in [-0.05, 0) is 30.7 Å². The number of nitrogens with one attached hydrogen (secondary N) is 1. The van der Waals surface area contributed by atoms with Crippen molar-refractivity contribution in [3.05, 3.63) is 23.9 Å². The van der Waals surface area contributed by atoms with E-state index in [2.05, 4.69) is 10.3 Å². The fourth-order valence-corrected chi connectivity index (χ4v) is 2.98. The largest absolute Gasteiger partial charge is 0.477 e. The van der Waals surface area contributed by atoms with Gasteiger partial charge in [-0.15, -0.1) is 11.8 Å². The second-order valence-corrected chi connectivity index (χ2v) is 5.37. The summed E-state index contributed by atoms with van der Waals surface area (Å²) in [5.41, 5.74) is -0.0657. The van der Waals surface area contributed by atoms with E-state index in [9.17, 15) is 9.59 Å². The van der Waals surface area contributed by atoms with Crippen LogP contribution in [0.2, 0.25) is 0 Å². The summed E-state index contributed by atoms with van der Waals surface area (Å²) in [7, 11) is 0. The predicted molar refractivity (Wildman–Crippen MR) is 69.9 cm³/mol. The molecular weight excluding hydrogens is 252 g/mol. The molecule has 1 aliphatic rings. The highest BCUT2D eigenvalue weighted by molar-refractivity contribution is 8.00. The molecule has 0 aliphatic carbocycles. The van der Waals surface area contributed by atoms with E-state index in [-0.39, 0.29) is 16.9 Å². The van der Waals surface area contributed by atoms with Crippen LogP contribution in [0.3, 0.4) is 0 Å². The topological polar surface area (TPSA) is 79.3 Å². The van der Waals surface area contributed by atoms with Gasteiger partial charge in [-0.1, -0.05) is 12.5 Å². The fraction of sp³-hybridized carbons (Fsp3) is 0.417. The third-order valence-electron chi connectivity index (χ3n) is 2.69. The van der Waals surface area contributed by atoms with Crippen LogP contribution < -0.4 is 5.32 Å². The summed E-state index contributed by atoms with van der Waals surface area (Å²) in [5, 5.41) is 11.4. The maximum atomic E-state index is 11.9. The zero-order valence-corrected chi connectivity index (χ0v) is 10.6. The minimum atomic E-state index is -1.10. The number of anilines is 1. The smallest absolute Gasteiger partial charge is 0.354 e. The first kappa shape index (κ1) is 12.9. The van der Waals surface area contributed by atoms with Crippen molar-refractivity contribution >= 4 is 29.5 Å². The maximum absolute atomic E-state index is 11.9. The van der Waals surface area contributed by atoms with E-state index < -0.39 is 5.97 Å². The van der Waals surface area contributed by atoms with E-state index in [1.807, 2.05) is 0 Å². The van der Waals surface area contributed by atoms with Gasteiger partial charge in [0.05, 0.1) is 5.25 Å². The predicted octanol–water partition coefficient (Wildman–Crippen LogP) is 2.00. The lowest BCUT2D eigenvalue weighted by molar-refractivity contribution is -0.115. The van der Waals surface area contributed by atoms with E-state index in [4.69, 9.17) is 5.11 Å². The van der Waals surface area contributed by atoms with Crippen LogP contribution in [0.4, 0.5) is 5.82 Å². The Morgan fingerprint density at radius 2 is 2.22 bits per heavy atom. The summed E-state index contributed by atoms with van der Waals surface area (Å²) in [6, 6.07) is 4.56. The number of carbonyl (C=O) groups excluding carboxylic acids is 1. The van der Waals surface area contributed by atoms with Gasteiger partial charge >= 0.3 is 5.97 Å². The monoisotopic (exact) mass is 266 g/mol. The summed E-state index contributed by atoms with van der Waals surface area (Å²) >= 11 is 1.64. The number of hydrogen-bond acceptors (Lipinski definition) is 4. The minimum absolute atomic E-state index is 0.0472. The number of amides is 1. The average molecular weight is 266 g/mol. The number of carbonyl (C=O) groups is 2. The van der Waals surface area contributed by atoms with Crippen LogP contribution in [-0.4, -0.2) is 33.0 Å². The summed E-state index contributed by atoms with van der Waals surface area (Å²) < 4.78 is 0. The Hall–Kier alpha value is -1.56. The van der Waals surface area contributed by atoms with Crippen LogP contribution in [0.25, 0.3) is 0 Å². The molecule has 1 atom stereocenters. The van der Waals surface area contributed by atoms with Crippen molar-refractivity contribution in [1.29, 1.82) is 0 Å². The van der Waals surface area contributed by atoms with Crippen LogP contribution in [0, 0.1) is 0 Å². The molecule has 1 saturated heterocycles. The Labute approximate surface area is 109 Å². The Bertz CT molecular complexity index is 458. The summed E-state index contributed by atoms with van der Waals surface area (Å²) in [5.74, 6) is 0.111. The van der Waals surface area contributed by atoms with Crippen molar-refractivity contribution < 1.29 is 14.7 Å². The molecule has 0 radical (unpaired) electrons. The van der Waals surface area contributed by atoms with Gasteiger partial charge < -0.3 is 10.4 Å². The summed E-state index contributed by atoms with van der Waals surface area (Å²) in [6.45, 7) is 0. The molecule has 0 spiro atoms. The first-order valence-corrected chi connectivity index (χ1v) is 6.84. The quantitative estimate of drug-likeness (QED) is 0.874. The zero-order valence-electron chi connectivity index (χ0n) is 9.76. The molecule has 1 aromatic rings. The molecular formula is C12H14N2O3S. The molecule has 96 valence electrons. The number of nitrogens with zero attached hydrogens (tertiary/aromatic N) is 1. The normalized spacial score (nSPS) is 19.2. The van der Waals surface area contributed by atoms with Crippen LogP contribution in [0.5, 0.6) is 0 Å². The van der Waals surface area contributed by atoms with Crippen molar-refractivity contribution in [3.8, 4) is 0 Å². The number of aromatic carboxylic acids is 1. The zero-order chi connectivity index (χ0) is 13.0. The van der Waals surface area contributed by atoms with Crippen LogP contribution in [0.1, 0.15) is 29.8 Å². The first-order valence-electron chi connectivity index (χ1n) is 5.79. The molecule has 18 heavy (non-hydrogen) atoms. The number of carboxylic acids is 1. The number of pyridine rings is 1. The van der Waals surface area contributed by atoms with E-state index >= 15 is 0 Å². The lowest BCUT2D eigenvalue weighted by Crippen LogP contribution is -2.28. The number of rotatable bonds is 3. The highest BCUT2D eigenvalue weighted by atomic mass is 32.2. The van der Waals surface area contributed by atoms with E-state index in [0.29, 0.717) is 5.82 Å². The lowest BCUT2D eigenvalue weighted by Gasteiger charge is -2.20.